The molecule has 0 aromatic heterocycles. The van der Waals surface area contributed by atoms with Crippen LogP contribution in [0.15, 0.2) is 18.2 Å². The molecule has 2 rings (SSSR count). The van der Waals surface area contributed by atoms with Gasteiger partial charge in [0.2, 0.25) is 0 Å². The highest BCUT2D eigenvalue weighted by Gasteiger charge is 2.09. The average Bonchev–Trinajstić information content (AvgIpc) is 2.30. The smallest absolute Gasteiger partial charge is 0.122 e. The van der Waals surface area contributed by atoms with Crippen LogP contribution in [0.4, 0.5) is 5.69 Å². The Kier molecular flexibility index (Phi) is 1.87. The second-order valence-corrected chi connectivity index (χ2v) is 2.91. The third kappa shape index (κ3) is 1.23. The Balaban J connectivity index is 2.42. The van der Waals surface area contributed by atoms with E-state index in [1.54, 1.807) is 6.07 Å². The van der Waals surface area contributed by atoms with E-state index in [0.29, 0.717) is 5.75 Å². The minimum Gasteiger partial charge on any atom is -0.508 e. The first-order chi connectivity index (χ1) is 5.88. The van der Waals surface area contributed by atoms with E-state index in [2.05, 4.69) is 10.6 Å². The van der Waals surface area contributed by atoms with Crippen LogP contribution < -0.4 is 10.6 Å². The van der Waals surface area contributed by atoms with Crippen molar-refractivity contribution in [2.45, 2.75) is 6.54 Å². The van der Waals surface area contributed by atoms with Crippen LogP contribution in [0.3, 0.4) is 0 Å². The van der Waals surface area contributed by atoms with Gasteiger partial charge in [0.05, 0.1) is 0 Å². The van der Waals surface area contributed by atoms with Gasteiger partial charge in [-0.1, -0.05) is 6.07 Å². The lowest BCUT2D eigenvalue weighted by Gasteiger charge is -2.07. The number of hydrogen-bond acceptors (Lipinski definition) is 3. The van der Waals surface area contributed by atoms with Crippen molar-refractivity contribution in [1.82, 2.24) is 5.32 Å². The van der Waals surface area contributed by atoms with Crippen LogP contribution in [0.25, 0.3) is 0 Å². The third-order valence-corrected chi connectivity index (χ3v) is 2.07. The topological polar surface area (TPSA) is 44.3 Å². The van der Waals surface area contributed by atoms with Gasteiger partial charge >= 0.3 is 0 Å². The molecule has 0 amide bonds. The maximum Gasteiger partial charge on any atom is 0.122 e. The summed E-state index contributed by atoms with van der Waals surface area (Å²) in [5.74, 6) is 0.370. The van der Waals surface area contributed by atoms with E-state index >= 15 is 0 Å². The highest BCUT2D eigenvalue weighted by molar-refractivity contribution is 5.57. The summed E-state index contributed by atoms with van der Waals surface area (Å²) >= 11 is 0. The number of fused-ring (bicyclic) bond motifs is 1. The number of hydrogen-bond donors (Lipinski definition) is 3. The number of aromatic hydroxyl groups is 1. The second-order valence-electron chi connectivity index (χ2n) is 2.91. The Hall–Kier alpha value is -1.22. The molecule has 0 saturated heterocycles. The van der Waals surface area contributed by atoms with E-state index in [9.17, 15) is 5.11 Å². The van der Waals surface area contributed by atoms with Crippen molar-refractivity contribution in [3.8, 4) is 5.75 Å². The predicted octanol–water partition coefficient (Wildman–Crippen LogP) is 0.907. The molecule has 64 valence electrons. The molecule has 1 aromatic carbocycles. The minimum absolute atomic E-state index is 0.370. The van der Waals surface area contributed by atoms with Gasteiger partial charge in [0.1, 0.15) is 5.75 Å². The fourth-order valence-electron chi connectivity index (χ4n) is 1.42. The lowest BCUT2D eigenvalue weighted by Crippen LogP contribution is -2.16. The molecule has 0 saturated carbocycles. The number of nitrogens with one attached hydrogen (secondary N) is 2. The Bertz CT molecular complexity index is 286. The van der Waals surface area contributed by atoms with E-state index in [4.69, 9.17) is 0 Å². The second kappa shape index (κ2) is 3.03. The van der Waals surface area contributed by atoms with Crippen molar-refractivity contribution < 1.29 is 5.11 Å². The maximum absolute atomic E-state index is 9.50. The van der Waals surface area contributed by atoms with Crippen molar-refractivity contribution >= 4 is 5.69 Å². The zero-order valence-electron chi connectivity index (χ0n) is 6.80. The summed E-state index contributed by atoms with van der Waals surface area (Å²) in [6, 6.07) is 5.56. The van der Waals surface area contributed by atoms with Crippen molar-refractivity contribution in [3.05, 3.63) is 23.8 Å². The quantitative estimate of drug-likeness (QED) is 0.534. The van der Waals surface area contributed by atoms with Crippen LogP contribution in [-0.2, 0) is 6.54 Å². The highest BCUT2D eigenvalue weighted by Crippen LogP contribution is 2.25. The van der Waals surface area contributed by atoms with Gasteiger partial charge in [-0.05, 0) is 12.1 Å². The lowest BCUT2D eigenvalue weighted by molar-refractivity contribution is 0.466. The Morgan fingerprint density at radius 1 is 1.25 bits per heavy atom. The Labute approximate surface area is 71.4 Å². The molecule has 1 heterocycles. The van der Waals surface area contributed by atoms with Gasteiger partial charge in [0.15, 0.2) is 0 Å². The molecule has 1 aliphatic rings. The monoisotopic (exact) mass is 164 g/mol. The van der Waals surface area contributed by atoms with Crippen molar-refractivity contribution in [2.75, 3.05) is 18.4 Å². The normalized spacial score (nSPS) is 16.0. The van der Waals surface area contributed by atoms with Crippen LogP contribution in [0.2, 0.25) is 0 Å². The van der Waals surface area contributed by atoms with Gasteiger partial charge in [-0.2, -0.15) is 0 Å². The standard InChI is InChI=1S/C9H12N2O/c12-9-3-1-2-8-7(9)6-10-4-5-11-8/h1-3,10-12H,4-6H2. The van der Waals surface area contributed by atoms with Gasteiger partial charge in [-0.3, -0.25) is 0 Å². The molecule has 0 spiro atoms. The molecule has 0 radical (unpaired) electrons. The summed E-state index contributed by atoms with van der Waals surface area (Å²) < 4.78 is 0. The summed E-state index contributed by atoms with van der Waals surface area (Å²) in [7, 11) is 0. The molecule has 0 fully saturated rings. The Morgan fingerprint density at radius 3 is 3.08 bits per heavy atom. The van der Waals surface area contributed by atoms with Gasteiger partial charge in [-0.15, -0.1) is 0 Å². The van der Waals surface area contributed by atoms with E-state index in [-0.39, 0.29) is 0 Å². The fourth-order valence-corrected chi connectivity index (χ4v) is 1.42. The van der Waals surface area contributed by atoms with Crippen LogP contribution in [0.1, 0.15) is 5.56 Å². The summed E-state index contributed by atoms with van der Waals surface area (Å²) in [4.78, 5) is 0. The van der Waals surface area contributed by atoms with Crippen LogP contribution in [0.5, 0.6) is 5.75 Å². The maximum atomic E-state index is 9.50. The molecule has 0 unspecified atom stereocenters. The molecule has 3 nitrogen and oxygen atoms in total. The SMILES string of the molecule is Oc1cccc2c1CNCCN2. The first-order valence-corrected chi connectivity index (χ1v) is 4.13. The van der Waals surface area contributed by atoms with Crippen LogP contribution in [0, 0.1) is 0 Å². The summed E-state index contributed by atoms with van der Waals surface area (Å²) in [6.45, 7) is 2.60. The first kappa shape index (κ1) is 7.43. The predicted molar refractivity (Wildman–Crippen MR) is 48.3 cm³/mol. The summed E-state index contributed by atoms with van der Waals surface area (Å²) in [5.41, 5.74) is 2.01. The number of rotatable bonds is 0. The highest BCUT2D eigenvalue weighted by atomic mass is 16.3. The van der Waals surface area contributed by atoms with Gasteiger partial charge in [-0.25, -0.2) is 0 Å². The molecular formula is C9H12N2O. The van der Waals surface area contributed by atoms with Crippen LogP contribution in [-0.4, -0.2) is 18.2 Å². The van der Waals surface area contributed by atoms with E-state index in [0.717, 1.165) is 30.9 Å². The Morgan fingerprint density at radius 2 is 2.17 bits per heavy atom. The van der Waals surface area contributed by atoms with Crippen molar-refractivity contribution in [1.29, 1.82) is 0 Å². The molecule has 3 N–H and O–H groups in total. The summed E-state index contributed by atoms with van der Waals surface area (Å²) in [5, 5.41) is 16.0. The number of phenols is 1. The van der Waals surface area contributed by atoms with Crippen molar-refractivity contribution in [2.24, 2.45) is 0 Å². The third-order valence-electron chi connectivity index (χ3n) is 2.07. The molecule has 1 aliphatic heterocycles. The zero-order chi connectivity index (χ0) is 8.39. The molecule has 0 aliphatic carbocycles. The van der Waals surface area contributed by atoms with E-state index in [1.807, 2.05) is 12.1 Å². The van der Waals surface area contributed by atoms with E-state index < -0.39 is 0 Å². The first-order valence-electron chi connectivity index (χ1n) is 4.13. The molecular weight excluding hydrogens is 152 g/mol. The molecule has 0 bridgehead atoms. The van der Waals surface area contributed by atoms with Gasteiger partial charge < -0.3 is 15.7 Å². The molecule has 3 heteroatoms. The zero-order valence-corrected chi connectivity index (χ0v) is 6.80. The summed E-state index contributed by atoms with van der Waals surface area (Å²) in [6.07, 6.45) is 0. The lowest BCUT2D eigenvalue weighted by atomic mass is 10.1. The van der Waals surface area contributed by atoms with Gasteiger partial charge in [0, 0.05) is 30.9 Å². The van der Waals surface area contributed by atoms with Gasteiger partial charge in [0.25, 0.3) is 0 Å². The fraction of sp³-hybridized carbons (Fsp3) is 0.333. The van der Waals surface area contributed by atoms with E-state index in [1.165, 1.54) is 0 Å². The number of benzene rings is 1. The molecule has 0 atom stereocenters. The average molecular weight is 164 g/mol. The minimum atomic E-state index is 0.370. The van der Waals surface area contributed by atoms with Crippen LogP contribution >= 0.6 is 0 Å². The van der Waals surface area contributed by atoms with Crippen molar-refractivity contribution in [3.63, 3.8) is 0 Å². The molecule has 1 aromatic rings. The number of anilines is 1. The molecule has 12 heavy (non-hydrogen) atoms. The largest absolute Gasteiger partial charge is 0.508 e. The number of phenolic OH excluding ortho intramolecular Hbond substituents is 1.